The maximum absolute atomic E-state index is 13.5. The minimum absolute atomic E-state index is 0.190. The third-order valence-electron chi connectivity index (χ3n) is 4.19. The number of rotatable bonds is 7. The molecule has 25 heavy (non-hydrogen) atoms. The van der Waals surface area contributed by atoms with Crippen LogP contribution in [0, 0.1) is 0 Å². The normalized spacial score (nSPS) is 34.9. The van der Waals surface area contributed by atoms with Crippen molar-refractivity contribution in [1.82, 2.24) is 14.2 Å². The van der Waals surface area contributed by atoms with Gasteiger partial charge in [-0.1, -0.05) is 0 Å². The molecule has 0 aromatic carbocycles. The highest BCUT2D eigenvalue weighted by atomic mass is 31.2. The molecule has 2 fully saturated rings. The van der Waals surface area contributed by atoms with Gasteiger partial charge in [-0.05, 0) is 21.1 Å². The van der Waals surface area contributed by atoms with Gasteiger partial charge in [0.2, 0.25) is 0 Å². The van der Waals surface area contributed by atoms with Crippen LogP contribution in [0.4, 0.5) is 0 Å². The van der Waals surface area contributed by atoms with Gasteiger partial charge in [0.25, 0.3) is 0 Å². The Hall–Kier alpha value is 0.0799. The second kappa shape index (κ2) is 9.33. The van der Waals surface area contributed by atoms with E-state index in [4.69, 9.17) is 34.4 Å². The van der Waals surface area contributed by atoms with Crippen LogP contribution in [0.3, 0.4) is 0 Å². The molecule has 0 aliphatic carbocycles. The minimum Gasteiger partial charge on any atom is -0.382 e. The standard InChI is InChI=1S/C14H28B2N3O5P/c1-17(2)25(20,19-6-12(9-21-4)24-14(16)8-19)22-10-11-5-18(3)7-13(15)23-11/h11-14H,5-10H2,1-4H3/t11-,12-,13+,14+,25?/m0/s1. The molecular weight excluding hydrogens is 343 g/mol. The van der Waals surface area contributed by atoms with Gasteiger partial charge in [0.05, 0.1) is 25.4 Å². The smallest absolute Gasteiger partial charge is 0.345 e. The van der Waals surface area contributed by atoms with Crippen molar-refractivity contribution in [1.29, 1.82) is 0 Å². The van der Waals surface area contributed by atoms with Gasteiger partial charge >= 0.3 is 7.67 Å². The molecule has 2 aliphatic heterocycles. The highest BCUT2D eigenvalue weighted by molar-refractivity contribution is 7.53. The van der Waals surface area contributed by atoms with Crippen molar-refractivity contribution in [2.24, 2.45) is 0 Å². The molecule has 0 aromatic heterocycles. The number of hydrogen-bond acceptors (Lipinski definition) is 6. The highest BCUT2D eigenvalue weighted by Gasteiger charge is 2.41. The van der Waals surface area contributed by atoms with Crippen LogP contribution in [0.15, 0.2) is 0 Å². The van der Waals surface area contributed by atoms with E-state index in [9.17, 15) is 4.57 Å². The van der Waals surface area contributed by atoms with Crippen LogP contribution in [0.1, 0.15) is 0 Å². The lowest BCUT2D eigenvalue weighted by Crippen LogP contribution is -2.50. The summed E-state index contributed by atoms with van der Waals surface area (Å²) in [6.07, 6.45) is -0.484. The monoisotopic (exact) mass is 371 g/mol. The van der Waals surface area contributed by atoms with Crippen LogP contribution in [0.25, 0.3) is 0 Å². The largest absolute Gasteiger partial charge is 0.382 e. The lowest BCUT2D eigenvalue weighted by Gasteiger charge is -2.43. The first-order valence-corrected chi connectivity index (χ1v) is 9.95. The third kappa shape index (κ3) is 5.78. The first-order valence-electron chi connectivity index (χ1n) is 8.42. The molecule has 0 N–H and O–H groups in total. The van der Waals surface area contributed by atoms with Gasteiger partial charge in [-0.15, -0.1) is 0 Å². The predicted molar refractivity (Wildman–Crippen MR) is 97.0 cm³/mol. The van der Waals surface area contributed by atoms with Crippen molar-refractivity contribution in [3.8, 4) is 0 Å². The SMILES string of the molecule is [B][C@H]1CN(C)C[C@@H](COP(=O)(N(C)C)N2C[C@@H](COC)O[C@@H]([B])C2)O1. The average molecular weight is 371 g/mol. The minimum atomic E-state index is -3.26. The zero-order chi connectivity index (χ0) is 18.6. The molecule has 0 amide bonds. The number of nitrogens with zero attached hydrogens (tertiary/aromatic N) is 3. The number of likely N-dealkylation sites (N-methyl/N-ethyl adjacent to an activating group) is 1. The zero-order valence-electron chi connectivity index (χ0n) is 15.5. The van der Waals surface area contributed by atoms with Gasteiger partial charge in [-0.25, -0.2) is 9.34 Å². The van der Waals surface area contributed by atoms with Gasteiger partial charge in [0.15, 0.2) is 0 Å². The third-order valence-corrected chi connectivity index (χ3v) is 6.73. The topological polar surface area (TPSA) is 63.7 Å². The summed E-state index contributed by atoms with van der Waals surface area (Å²) < 4.78 is 39.2. The first-order chi connectivity index (χ1) is 11.7. The van der Waals surface area contributed by atoms with Crippen molar-refractivity contribution >= 4 is 23.4 Å². The molecule has 8 nitrogen and oxygen atoms in total. The van der Waals surface area contributed by atoms with Crippen molar-refractivity contribution in [3.63, 3.8) is 0 Å². The van der Waals surface area contributed by atoms with Gasteiger partial charge in [0.1, 0.15) is 15.7 Å². The molecule has 2 heterocycles. The fourth-order valence-corrected chi connectivity index (χ4v) is 5.14. The van der Waals surface area contributed by atoms with Gasteiger partial charge < -0.3 is 23.6 Å². The van der Waals surface area contributed by atoms with E-state index in [0.717, 1.165) is 0 Å². The summed E-state index contributed by atoms with van der Waals surface area (Å²) in [7, 11) is 15.6. The lowest BCUT2D eigenvalue weighted by molar-refractivity contribution is -0.0726. The van der Waals surface area contributed by atoms with Crippen molar-refractivity contribution in [2.75, 3.05) is 67.6 Å². The van der Waals surface area contributed by atoms with E-state index in [1.165, 1.54) is 0 Å². The predicted octanol–water partition coefficient (Wildman–Crippen LogP) is -0.660. The average Bonchev–Trinajstić information content (AvgIpc) is 2.51. The maximum atomic E-state index is 13.5. The van der Waals surface area contributed by atoms with Crippen LogP contribution in [-0.2, 0) is 23.3 Å². The molecule has 1 unspecified atom stereocenters. The fourth-order valence-electron chi connectivity index (χ4n) is 3.12. The second-order valence-electron chi connectivity index (χ2n) is 6.77. The van der Waals surface area contributed by atoms with Crippen LogP contribution >= 0.6 is 7.67 Å². The van der Waals surface area contributed by atoms with E-state index in [2.05, 4.69) is 4.90 Å². The quantitative estimate of drug-likeness (QED) is 0.432. The molecule has 4 radical (unpaired) electrons. The molecule has 11 heteroatoms. The zero-order valence-corrected chi connectivity index (χ0v) is 16.4. The van der Waals surface area contributed by atoms with Gasteiger partial charge in [0, 0.05) is 45.3 Å². The summed E-state index contributed by atoms with van der Waals surface area (Å²) in [4.78, 5) is 2.07. The Bertz CT molecular complexity index is 466. The molecule has 2 rings (SSSR count). The number of morpholine rings is 2. The van der Waals surface area contributed by atoms with Crippen LogP contribution in [0.2, 0.25) is 0 Å². The number of methoxy groups -OCH3 is 1. The molecular formula is C14H28B2N3O5P. The summed E-state index contributed by atoms with van der Waals surface area (Å²) in [5.41, 5.74) is 0. The molecule has 0 saturated carbocycles. The van der Waals surface area contributed by atoms with E-state index in [-0.39, 0.29) is 24.8 Å². The second-order valence-corrected chi connectivity index (χ2v) is 9.38. The summed E-state index contributed by atoms with van der Waals surface area (Å²) in [6.45, 7) is 2.65. The number of hydrogen-bond donors (Lipinski definition) is 0. The number of ether oxygens (including phenoxy) is 3. The first kappa shape index (κ1) is 21.4. The van der Waals surface area contributed by atoms with Crippen LogP contribution in [0.5, 0.6) is 0 Å². The molecule has 2 saturated heterocycles. The molecule has 0 spiro atoms. The Balaban J connectivity index is 2.03. The van der Waals surface area contributed by atoms with E-state index in [1.54, 1.807) is 30.5 Å². The lowest BCUT2D eigenvalue weighted by atomic mass is 9.98. The van der Waals surface area contributed by atoms with Gasteiger partial charge in [-0.2, -0.15) is 0 Å². The summed E-state index contributed by atoms with van der Waals surface area (Å²) in [5.74, 6) is 0. The summed E-state index contributed by atoms with van der Waals surface area (Å²) in [6, 6.07) is -0.912. The Morgan fingerprint density at radius 2 is 1.68 bits per heavy atom. The Morgan fingerprint density at radius 3 is 2.24 bits per heavy atom. The van der Waals surface area contributed by atoms with Gasteiger partial charge in [-0.3, -0.25) is 4.57 Å². The van der Waals surface area contributed by atoms with E-state index in [1.807, 2.05) is 7.05 Å². The van der Waals surface area contributed by atoms with Crippen molar-refractivity contribution in [3.05, 3.63) is 0 Å². The van der Waals surface area contributed by atoms with Crippen molar-refractivity contribution in [2.45, 2.75) is 24.2 Å². The summed E-state index contributed by atoms with van der Waals surface area (Å²) in [5, 5.41) is 0. The van der Waals surface area contributed by atoms with E-state index < -0.39 is 13.7 Å². The fraction of sp³-hybridized carbons (Fsp3) is 1.00. The molecule has 2 aliphatic rings. The van der Waals surface area contributed by atoms with Crippen LogP contribution < -0.4 is 0 Å². The molecule has 0 bridgehead atoms. The van der Waals surface area contributed by atoms with Crippen LogP contribution in [-0.4, -0.2) is 122 Å². The maximum Gasteiger partial charge on any atom is 0.345 e. The Morgan fingerprint density at radius 1 is 1.08 bits per heavy atom. The molecule has 5 atom stereocenters. The highest BCUT2D eigenvalue weighted by Crippen LogP contribution is 2.53. The van der Waals surface area contributed by atoms with Crippen molar-refractivity contribution < 1.29 is 23.3 Å². The Labute approximate surface area is 153 Å². The molecule has 0 aromatic rings. The van der Waals surface area contributed by atoms with E-state index in [0.29, 0.717) is 32.8 Å². The Kier molecular flexibility index (Phi) is 7.98. The molecule has 140 valence electrons. The van der Waals surface area contributed by atoms with E-state index >= 15 is 0 Å². The summed E-state index contributed by atoms with van der Waals surface area (Å²) >= 11 is 0.